The quantitative estimate of drug-likeness (QED) is 0.820. The molecule has 0 saturated heterocycles. The van der Waals surface area contributed by atoms with Gasteiger partial charge in [0.2, 0.25) is 0 Å². The highest BCUT2D eigenvalue weighted by molar-refractivity contribution is 5.43. The number of aryl methyl sites for hydroxylation is 1. The van der Waals surface area contributed by atoms with Gasteiger partial charge in [0.25, 0.3) is 5.56 Å². The molecular formula is C13H19N3O. The number of nitrogens with zero attached hydrogens (tertiary/aromatic N) is 2. The van der Waals surface area contributed by atoms with Gasteiger partial charge in [-0.1, -0.05) is 27.7 Å². The molecular weight excluding hydrogens is 214 g/mol. The average molecular weight is 233 g/mol. The lowest BCUT2D eigenvalue weighted by atomic mass is 9.93. The fraction of sp³-hybridized carbons (Fsp3) is 0.538. The van der Waals surface area contributed by atoms with Crippen LogP contribution in [0.1, 0.15) is 44.6 Å². The molecule has 2 rings (SSSR count). The smallest absolute Gasteiger partial charge is 0.275 e. The third-order valence-electron chi connectivity index (χ3n) is 3.08. The first kappa shape index (κ1) is 11.9. The summed E-state index contributed by atoms with van der Waals surface area (Å²) in [6.07, 6.45) is 0.785. The molecule has 0 aliphatic carbocycles. The zero-order valence-electron chi connectivity index (χ0n) is 11.1. The average Bonchev–Trinajstić information content (AvgIpc) is 2.67. The van der Waals surface area contributed by atoms with Crippen molar-refractivity contribution in [2.24, 2.45) is 0 Å². The van der Waals surface area contributed by atoms with Crippen molar-refractivity contribution >= 4 is 5.65 Å². The Kier molecular flexibility index (Phi) is 2.60. The van der Waals surface area contributed by atoms with E-state index in [4.69, 9.17) is 0 Å². The molecule has 4 nitrogen and oxygen atoms in total. The largest absolute Gasteiger partial charge is 0.293 e. The summed E-state index contributed by atoms with van der Waals surface area (Å²) < 4.78 is 1.54. The van der Waals surface area contributed by atoms with Crippen molar-refractivity contribution in [3.63, 3.8) is 0 Å². The lowest BCUT2D eigenvalue weighted by molar-refractivity contribution is 0.561. The van der Waals surface area contributed by atoms with E-state index in [1.54, 1.807) is 0 Å². The normalized spacial score (nSPS) is 12.3. The molecule has 0 atom stereocenters. The van der Waals surface area contributed by atoms with Gasteiger partial charge < -0.3 is 0 Å². The highest BCUT2D eigenvalue weighted by atomic mass is 16.1. The van der Waals surface area contributed by atoms with Crippen LogP contribution in [0.3, 0.4) is 0 Å². The molecule has 2 aromatic heterocycles. The zero-order valence-corrected chi connectivity index (χ0v) is 11.1. The molecule has 0 bridgehead atoms. The van der Waals surface area contributed by atoms with E-state index in [-0.39, 0.29) is 11.0 Å². The molecule has 4 heteroatoms. The lowest BCUT2D eigenvalue weighted by Crippen LogP contribution is -2.21. The van der Waals surface area contributed by atoms with Gasteiger partial charge in [-0.3, -0.25) is 9.89 Å². The molecule has 92 valence electrons. The Morgan fingerprint density at radius 3 is 2.59 bits per heavy atom. The van der Waals surface area contributed by atoms with Crippen molar-refractivity contribution in [1.29, 1.82) is 0 Å². The van der Waals surface area contributed by atoms with E-state index in [2.05, 4.69) is 30.9 Å². The van der Waals surface area contributed by atoms with Gasteiger partial charge in [0.1, 0.15) is 0 Å². The van der Waals surface area contributed by atoms with Gasteiger partial charge in [-0.25, -0.2) is 9.50 Å². The summed E-state index contributed by atoms with van der Waals surface area (Å²) in [7, 11) is 0. The maximum Gasteiger partial charge on any atom is 0.275 e. The molecule has 0 spiro atoms. The molecule has 0 fully saturated rings. The number of aromatic amines is 1. The van der Waals surface area contributed by atoms with Gasteiger partial charge in [0.15, 0.2) is 5.65 Å². The second-order valence-corrected chi connectivity index (χ2v) is 5.46. The number of aromatic nitrogens is 3. The van der Waals surface area contributed by atoms with Crippen molar-refractivity contribution < 1.29 is 0 Å². The second-order valence-electron chi connectivity index (χ2n) is 5.46. The van der Waals surface area contributed by atoms with Crippen LogP contribution < -0.4 is 5.56 Å². The predicted molar refractivity (Wildman–Crippen MR) is 68.6 cm³/mol. The minimum absolute atomic E-state index is 0.00218. The van der Waals surface area contributed by atoms with Crippen molar-refractivity contribution in [2.75, 3.05) is 0 Å². The van der Waals surface area contributed by atoms with Gasteiger partial charge >= 0.3 is 0 Å². The zero-order chi connectivity index (χ0) is 12.8. The number of hydrogen-bond donors (Lipinski definition) is 1. The van der Waals surface area contributed by atoms with Crippen LogP contribution in [0.4, 0.5) is 0 Å². The van der Waals surface area contributed by atoms with E-state index in [1.165, 1.54) is 4.52 Å². The Balaban J connectivity index is 2.78. The van der Waals surface area contributed by atoms with Crippen molar-refractivity contribution in [1.82, 2.24) is 14.6 Å². The Bertz CT molecular complexity index is 614. The first-order valence-corrected chi connectivity index (χ1v) is 5.96. The first-order chi connectivity index (χ1) is 7.84. The minimum Gasteiger partial charge on any atom is -0.293 e. The fourth-order valence-corrected chi connectivity index (χ4v) is 1.88. The number of nitrogens with one attached hydrogen (secondary N) is 1. The molecule has 0 saturated carbocycles. The Morgan fingerprint density at radius 1 is 1.41 bits per heavy atom. The van der Waals surface area contributed by atoms with Crippen molar-refractivity contribution in [2.45, 2.75) is 46.5 Å². The van der Waals surface area contributed by atoms with Crippen LogP contribution in [0.5, 0.6) is 0 Å². The monoisotopic (exact) mass is 233 g/mol. The Morgan fingerprint density at radius 2 is 2.06 bits per heavy atom. The van der Waals surface area contributed by atoms with Crippen LogP contribution in [0, 0.1) is 6.92 Å². The Labute approximate surface area is 101 Å². The summed E-state index contributed by atoms with van der Waals surface area (Å²) >= 11 is 0. The third kappa shape index (κ3) is 1.88. The number of hydrogen-bond acceptors (Lipinski definition) is 2. The van der Waals surface area contributed by atoms with Gasteiger partial charge in [-0.15, -0.1) is 0 Å². The summed E-state index contributed by atoms with van der Waals surface area (Å²) in [5, 5.41) is 3.14. The Hall–Kier alpha value is -1.58. The summed E-state index contributed by atoms with van der Waals surface area (Å²) in [5.41, 5.74) is 3.33. The molecule has 17 heavy (non-hydrogen) atoms. The van der Waals surface area contributed by atoms with Crippen LogP contribution in [0.2, 0.25) is 0 Å². The van der Waals surface area contributed by atoms with Crippen LogP contribution in [0.25, 0.3) is 5.65 Å². The van der Waals surface area contributed by atoms with E-state index < -0.39 is 0 Å². The first-order valence-electron chi connectivity index (χ1n) is 5.96. The van der Waals surface area contributed by atoms with Gasteiger partial charge in [0, 0.05) is 22.7 Å². The van der Waals surface area contributed by atoms with Crippen molar-refractivity contribution in [3.05, 3.63) is 33.4 Å². The van der Waals surface area contributed by atoms with E-state index >= 15 is 0 Å². The van der Waals surface area contributed by atoms with E-state index in [9.17, 15) is 4.79 Å². The van der Waals surface area contributed by atoms with Gasteiger partial charge in [-0.2, -0.15) is 0 Å². The summed E-state index contributed by atoms with van der Waals surface area (Å²) in [6.45, 7) is 10.2. The van der Waals surface area contributed by atoms with E-state index in [1.807, 2.05) is 19.9 Å². The molecule has 0 aliphatic heterocycles. The lowest BCUT2D eigenvalue weighted by Gasteiger charge is -2.14. The molecule has 0 unspecified atom stereocenters. The predicted octanol–water partition coefficient (Wildman–Crippen LogP) is 2.19. The van der Waals surface area contributed by atoms with Crippen LogP contribution in [0.15, 0.2) is 10.9 Å². The van der Waals surface area contributed by atoms with Crippen molar-refractivity contribution in [3.8, 4) is 0 Å². The molecule has 0 aromatic carbocycles. The topological polar surface area (TPSA) is 50.2 Å². The third-order valence-corrected chi connectivity index (χ3v) is 3.08. The number of H-pyrrole nitrogens is 1. The second kappa shape index (κ2) is 3.72. The molecule has 2 heterocycles. The molecule has 2 aromatic rings. The van der Waals surface area contributed by atoms with Crippen LogP contribution in [-0.2, 0) is 11.8 Å². The minimum atomic E-state index is -0.0135. The summed E-state index contributed by atoms with van der Waals surface area (Å²) in [4.78, 5) is 16.7. The SMILES string of the molecule is CCc1nc2cc(C(C)(C)C)[nH]n2c(=O)c1C. The number of rotatable bonds is 1. The maximum atomic E-state index is 12.1. The molecule has 1 N–H and O–H groups in total. The van der Waals surface area contributed by atoms with Crippen LogP contribution >= 0.6 is 0 Å². The highest BCUT2D eigenvalue weighted by Crippen LogP contribution is 2.21. The number of fused-ring (bicyclic) bond motifs is 1. The summed E-state index contributed by atoms with van der Waals surface area (Å²) in [6, 6.07) is 1.96. The van der Waals surface area contributed by atoms with Gasteiger partial charge in [-0.05, 0) is 13.3 Å². The molecule has 0 amide bonds. The molecule has 0 aliphatic rings. The van der Waals surface area contributed by atoms with E-state index in [0.717, 1.165) is 23.4 Å². The molecule has 0 radical (unpaired) electrons. The summed E-state index contributed by atoms with van der Waals surface area (Å²) in [5.74, 6) is 0. The standard InChI is InChI=1S/C13H19N3O/c1-6-9-8(2)12(17)16-11(14-9)7-10(15-16)13(3,4)5/h7,15H,6H2,1-5H3. The fourth-order valence-electron chi connectivity index (χ4n) is 1.88. The highest BCUT2D eigenvalue weighted by Gasteiger charge is 2.18. The van der Waals surface area contributed by atoms with Crippen LogP contribution in [-0.4, -0.2) is 14.6 Å². The van der Waals surface area contributed by atoms with Gasteiger partial charge in [0.05, 0.1) is 5.69 Å². The van der Waals surface area contributed by atoms with E-state index in [0.29, 0.717) is 5.65 Å². The maximum absolute atomic E-state index is 12.1.